The molecule has 0 aromatic carbocycles. The molecule has 130 heavy (non-hydrogen) atoms. The van der Waals surface area contributed by atoms with Crippen LogP contribution in [0, 0.1) is 35.5 Å². The predicted octanol–water partition coefficient (Wildman–Crippen LogP) is 17.3. The minimum Gasteiger partial charge on any atom is -0.463 e. The van der Waals surface area contributed by atoms with E-state index < -0.39 is 33.6 Å². The van der Waals surface area contributed by atoms with E-state index in [1.807, 2.05) is 0 Å². The van der Waals surface area contributed by atoms with Crippen LogP contribution < -0.4 is 0 Å². The van der Waals surface area contributed by atoms with Gasteiger partial charge in [0.25, 0.3) is 0 Å². The number of fused-ring (bicyclic) bond motifs is 12. The van der Waals surface area contributed by atoms with Gasteiger partial charge in [-0.1, -0.05) is 52.3 Å². The molecule has 12 aliphatic heterocycles. The second kappa shape index (κ2) is 41.4. The van der Waals surface area contributed by atoms with Gasteiger partial charge >= 0.3 is 47.8 Å². The maximum absolute atomic E-state index is 12.2. The zero-order chi connectivity index (χ0) is 93.7. The maximum Gasteiger partial charge on any atom is 0.333 e. The Balaban J connectivity index is 0.000000133. The van der Waals surface area contributed by atoms with E-state index in [9.17, 15) is 48.6 Å². The van der Waals surface area contributed by atoms with Gasteiger partial charge < -0.3 is 86.0 Å². The molecular weight excluding hydrogens is 1670 g/mol. The van der Waals surface area contributed by atoms with E-state index in [1.165, 1.54) is 26.7 Å². The zero-order valence-corrected chi connectivity index (χ0v) is 80.2. The summed E-state index contributed by atoms with van der Waals surface area (Å²) >= 11 is 0. The van der Waals surface area contributed by atoms with Crippen molar-refractivity contribution >= 4 is 47.8 Å². The van der Waals surface area contributed by atoms with E-state index in [0.29, 0.717) is 65.3 Å². The molecule has 18 fully saturated rings. The molecule has 26 heteroatoms. The summed E-state index contributed by atoms with van der Waals surface area (Å²) in [6.07, 6.45) is 44.7. The highest BCUT2D eigenvalue weighted by molar-refractivity contribution is 5.90. The molecule has 6 saturated carbocycles. The summed E-state index contributed by atoms with van der Waals surface area (Å²) in [6, 6.07) is 0. The lowest BCUT2D eigenvalue weighted by molar-refractivity contribution is -0.182. The average molecular weight is 1820 g/mol. The highest BCUT2D eigenvalue weighted by atomic mass is 16.6. The van der Waals surface area contributed by atoms with Crippen molar-refractivity contribution in [3.63, 3.8) is 0 Å². The monoisotopic (exact) mass is 1820 g/mol. The zero-order valence-electron chi connectivity index (χ0n) is 80.2. The molecule has 18 atom stereocenters. The van der Waals surface area contributed by atoms with Crippen LogP contribution in [0.5, 0.6) is 0 Å². The van der Waals surface area contributed by atoms with Gasteiger partial charge in [0.2, 0.25) is 0 Å². The number of hydrogen-bond acceptors (Lipinski definition) is 26. The van der Waals surface area contributed by atoms with E-state index in [4.69, 9.17) is 75.8 Å². The highest BCUT2D eigenvalue weighted by Crippen LogP contribution is 2.63. The summed E-state index contributed by atoms with van der Waals surface area (Å²) in [4.78, 5) is 95.2. The van der Waals surface area contributed by atoms with Crippen LogP contribution in [0.2, 0.25) is 0 Å². The molecule has 18 aliphatic rings. The fourth-order valence-corrected chi connectivity index (χ4v) is 27.5. The van der Waals surface area contributed by atoms with Crippen molar-refractivity contribution < 1.29 is 124 Å². The molecule has 12 saturated heterocycles. The first-order valence-electron chi connectivity index (χ1n) is 49.6. The highest BCUT2D eigenvalue weighted by Gasteiger charge is 2.69. The van der Waals surface area contributed by atoms with E-state index in [-0.39, 0.29) is 161 Å². The molecule has 0 aromatic rings. The maximum atomic E-state index is 12.2. The van der Waals surface area contributed by atoms with E-state index in [2.05, 4.69) is 39.5 Å². The summed E-state index contributed by atoms with van der Waals surface area (Å²) in [5.41, 5.74) is -1.91. The van der Waals surface area contributed by atoms with Gasteiger partial charge in [0.05, 0.1) is 85.5 Å². The standard InChI is InChI=1S/2C18H26O5.2C18H28O4.2C16H24O4/c1-12(2)16(20)23-18(7-4-5-8-18)14-10-17(11-21-13(3)19)9-6-15(14)22-17;1-12(2)16(20)23-17(7-4-5-8-17)15-10-14-6-9-18(15,22-14)11-21-13(3)19;1-13(2)16(19)22-18(8-5-4-6-9-18)14-11-17(12-20-3)10-7-15(14)21-17;1-13(2)16(19)22-17(8-5-4-6-9-17)15-11-14-7-10-18(15,21-14)12-20-3;1-11(2)14(18)20-16(6-3-4-7-16)12-9-15(10-17)8-5-13(12)19-15;1-11(2)14(18)20-15(6-3-4-7-15)13-9-12-5-8-16(13,10-17)19-12/h2*14-15H,1,4-11H2,2-3H3;2*14-15H,1,4-12H2,2-3H3;2*12-13,17H,1,3-10H2,2H3. The van der Waals surface area contributed by atoms with Gasteiger partial charge in [-0.2, -0.15) is 0 Å². The van der Waals surface area contributed by atoms with Crippen LogP contribution in [0.25, 0.3) is 0 Å². The smallest absolute Gasteiger partial charge is 0.333 e. The molecule has 0 spiro atoms. The summed E-state index contributed by atoms with van der Waals surface area (Å²) < 4.78 is 94.3. The van der Waals surface area contributed by atoms with Gasteiger partial charge in [0, 0.05) is 97.0 Å². The second-order valence-electron chi connectivity index (χ2n) is 43.1. The van der Waals surface area contributed by atoms with Crippen molar-refractivity contribution in [2.24, 2.45) is 35.5 Å². The Morgan fingerprint density at radius 3 is 0.823 bits per heavy atom. The predicted molar refractivity (Wildman–Crippen MR) is 483 cm³/mol. The lowest BCUT2D eigenvalue weighted by Crippen LogP contribution is -2.55. The normalized spacial score (nSPS) is 36.2. The molecule has 12 heterocycles. The Hall–Kier alpha value is -6.20. The van der Waals surface area contributed by atoms with Gasteiger partial charge in [0.15, 0.2) is 0 Å². The molecular formula is C104H156O26. The molecule has 6 aliphatic carbocycles. The van der Waals surface area contributed by atoms with Crippen LogP contribution in [0.4, 0.5) is 0 Å². The Bertz CT molecular complexity index is 4120. The Morgan fingerprint density at radius 2 is 0.538 bits per heavy atom. The lowest BCUT2D eigenvalue weighted by Gasteiger charge is -2.47. The first-order valence-corrected chi connectivity index (χ1v) is 49.6. The minimum absolute atomic E-state index is 0.0283. The number of ether oxygens (including phenoxy) is 16. The Labute approximate surface area is 772 Å². The number of hydrogen-bond donors (Lipinski definition) is 2. The average Bonchev–Trinajstić information content (AvgIpc) is 1.57. The topological polar surface area (TPSA) is 325 Å². The molecule has 2 N–H and O–H groups in total. The molecule has 0 radical (unpaired) electrons. The first kappa shape index (κ1) is 101. The second-order valence-corrected chi connectivity index (χ2v) is 43.1. The molecule has 26 nitrogen and oxygen atoms in total. The van der Waals surface area contributed by atoms with Gasteiger partial charge in [-0.3, -0.25) is 9.59 Å². The van der Waals surface area contributed by atoms with Crippen LogP contribution in [-0.2, 0) is 114 Å². The fourth-order valence-electron chi connectivity index (χ4n) is 27.5. The molecule has 728 valence electrons. The largest absolute Gasteiger partial charge is 0.463 e. The van der Waals surface area contributed by atoms with E-state index in [1.54, 1.807) is 55.8 Å². The molecule has 12 bridgehead atoms. The molecule has 0 amide bonds. The summed E-state index contributed by atoms with van der Waals surface area (Å²) in [5, 5.41) is 19.5. The lowest BCUT2D eigenvalue weighted by atomic mass is 9.64. The van der Waals surface area contributed by atoms with Crippen molar-refractivity contribution in [3.05, 3.63) is 72.9 Å². The quantitative estimate of drug-likeness (QED) is 0.0417. The SMILES string of the molecule is C=C(C)C(=O)OC1(C2CC3(CO)CCC2O3)CCCC1.C=C(C)C(=O)OC1(C2CC3(COC(C)=O)CCC2O3)CCCC1.C=C(C)C(=O)OC1(C2CC3(COC)CCC2O3)CCCCC1.C=C(C)C(=O)OC1(C2CC3CCC2(CO)O3)CCCC1.C=C(C)C(=O)OC1(C2CC3CCC2(COC(C)=O)O3)CCCC1.C=C(C)C(=O)OC1(C2CC3CCC2(COC)O3)CCCCC1. The van der Waals surface area contributed by atoms with Gasteiger partial charge in [-0.05, 0) is 311 Å². The van der Waals surface area contributed by atoms with Gasteiger partial charge in [-0.15, -0.1) is 0 Å². The van der Waals surface area contributed by atoms with Crippen LogP contribution >= 0.6 is 0 Å². The third kappa shape index (κ3) is 21.3. The van der Waals surface area contributed by atoms with Crippen molar-refractivity contribution in [2.45, 2.75) is 442 Å². The van der Waals surface area contributed by atoms with Crippen molar-refractivity contribution in [2.75, 3.05) is 53.9 Å². The Morgan fingerprint density at radius 1 is 0.285 bits per heavy atom. The molecule has 18 unspecified atom stereocenters. The number of aliphatic hydroxyl groups excluding tert-OH is 2. The molecule has 0 aromatic heterocycles. The van der Waals surface area contributed by atoms with Crippen LogP contribution in [0.15, 0.2) is 72.9 Å². The van der Waals surface area contributed by atoms with Crippen LogP contribution in [-0.4, -0.2) is 216 Å². The minimum atomic E-state index is -0.495. The summed E-state index contributed by atoms with van der Waals surface area (Å²) in [7, 11) is 3.46. The van der Waals surface area contributed by atoms with Crippen LogP contribution in [0.3, 0.4) is 0 Å². The number of carbonyl (C=O) groups excluding carboxylic acids is 8. The Kier molecular flexibility index (Phi) is 32.2. The number of rotatable bonds is 28. The summed E-state index contributed by atoms with van der Waals surface area (Å²) in [6.45, 7) is 37.2. The van der Waals surface area contributed by atoms with Crippen molar-refractivity contribution in [1.82, 2.24) is 0 Å². The third-order valence-electron chi connectivity index (χ3n) is 33.7. The number of esters is 8. The fraction of sp³-hybridized carbons (Fsp3) is 0.808. The van der Waals surface area contributed by atoms with Gasteiger partial charge in [0.1, 0.15) is 58.0 Å². The third-order valence-corrected chi connectivity index (χ3v) is 33.7. The van der Waals surface area contributed by atoms with Gasteiger partial charge in [-0.25, -0.2) is 28.8 Å². The number of carbonyl (C=O) groups is 8. The summed E-state index contributed by atoms with van der Waals surface area (Å²) in [5.74, 6) is -1.08. The van der Waals surface area contributed by atoms with Crippen molar-refractivity contribution in [3.8, 4) is 0 Å². The van der Waals surface area contributed by atoms with E-state index in [0.717, 1.165) is 270 Å². The number of methoxy groups -OCH3 is 2. The van der Waals surface area contributed by atoms with Crippen molar-refractivity contribution in [1.29, 1.82) is 0 Å². The first-order chi connectivity index (χ1) is 61.8. The number of aliphatic hydroxyl groups is 2. The van der Waals surface area contributed by atoms with E-state index >= 15 is 0 Å². The van der Waals surface area contributed by atoms with Crippen LogP contribution in [0.1, 0.15) is 338 Å². The molecule has 18 rings (SSSR count).